The zero-order chi connectivity index (χ0) is 11.7. The molecule has 1 atom stereocenters. The standard InChI is InChI=1S/C13H15N3O/c17-12-3-1-2-11(6-12)16-9-15-8-13(16)10-4-5-14-7-10/h1-3,6,8-10,14,17H,4-5,7H2. The summed E-state index contributed by atoms with van der Waals surface area (Å²) in [7, 11) is 0. The van der Waals surface area contributed by atoms with Crippen molar-refractivity contribution in [2.45, 2.75) is 12.3 Å². The summed E-state index contributed by atoms with van der Waals surface area (Å²) in [5.41, 5.74) is 2.17. The molecule has 2 aromatic rings. The summed E-state index contributed by atoms with van der Waals surface area (Å²) in [6.45, 7) is 2.07. The maximum absolute atomic E-state index is 9.52. The highest BCUT2D eigenvalue weighted by molar-refractivity contribution is 5.40. The number of imidazole rings is 1. The van der Waals surface area contributed by atoms with Gasteiger partial charge in [0.05, 0.1) is 12.0 Å². The van der Waals surface area contributed by atoms with Crippen LogP contribution in [0.25, 0.3) is 5.69 Å². The third-order valence-corrected chi connectivity index (χ3v) is 3.25. The molecule has 1 aromatic heterocycles. The summed E-state index contributed by atoms with van der Waals surface area (Å²) in [5, 5.41) is 12.9. The van der Waals surface area contributed by atoms with Crippen LogP contribution in [0.1, 0.15) is 18.0 Å². The lowest BCUT2D eigenvalue weighted by molar-refractivity contribution is 0.475. The molecule has 1 saturated heterocycles. The Morgan fingerprint density at radius 1 is 1.41 bits per heavy atom. The van der Waals surface area contributed by atoms with Crippen LogP contribution < -0.4 is 5.32 Å². The Hall–Kier alpha value is -1.81. The Bertz CT molecular complexity index is 515. The molecule has 88 valence electrons. The Labute approximate surface area is 99.9 Å². The summed E-state index contributed by atoms with van der Waals surface area (Å²) in [4.78, 5) is 4.23. The SMILES string of the molecule is Oc1cccc(-n2cncc2C2CCNC2)c1. The van der Waals surface area contributed by atoms with Gasteiger partial charge in [-0.05, 0) is 25.1 Å². The lowest BCUT2D eigenvalue weighted by Gasteiger charge is -2.12. The molecule has 0 saturated carbocycles. The molecule has 4 nitrogen and oxygen atoms in total. The van der Waals surface area contributed by atoms with E-state index in [1.807, 2.05) is 24.7 Å². The van der Waals surface area contributed by atoms with Crippen LogP contribution in [0.3, 0.4) is 0 Å². The average Bonchev–Trinajstić information content (AvgIpc) is 3.00. The second-order valence-electron chi connectivity index (χ2n) is 4.40. The van der Waals surface area contributed by atoms with E-state index in [0.29, 0.717) is 5.92 Å². The topological polar surface area (TPSA) is 50.1 Å². The first-order chi connectivity index (χ1) is 8.34. The molecule has 2 heterocycles. The number of phenolic OH excluding ortho intramolecular Hbond substituents is 1. The highest BCUT2D eigenvalue weighted by Gasteiger charge is 2.20. The molecule has 4 heteroatoms. The molecule has 1 aromatic carbocycles. The largest absolute Gasteiger partial charge is 0.508 e. The lowest BCUT2D eigenvalue weighted by Crippen LogP contribution is -2.10. The van der Waals surface area contributed by atoms with Gasteiger partial charge in [0.2, 0.25) is 0 Å². The van der Waals surface area contributed by atoms with Crippen LogP contribution in [0.2, 0.25) is 0 Å². The second-order valence-corrected chi connectivity index (χ2v) is 4.40. The zero-order valence-electron chi connectivity index (χ0n) is 9.50. The van der Waals surface area contributed by atoms with Crippen molar-refractivity contribution in [3.8, 4) is 11.4 Å². The van der Waals surface area contributed by atoms with Crippen molar-refractivity contribution in [2.75, 3.05) is 13.1 Å². The van der Waals surface area contributed by atoms with E-state index in [9.17, 15) is 5.11 Å². The molecule has 17 heavy (non-hydrogen) atoms. The van der Waals surface area contributed by atoms with Crippen molar-refractivity contribution >= 4 is 0 Å². The molecule has 1 aliphatic rings. The van der Waals surface area contributed by atoms with E-state index in [-0.39, 0.29) is 5.75 Å². The smallest absolute Gasteiger partial charge is 0.117 e. The predicted octanol–water partition coefficient (Wildman–Crippen LogP) is 1.65. The summed E-state index contributed by atoms with van der Waals surface area (Å²) in [6.07, 6.45) is 4.87. The molecule has 0 radical (unpaired) electrons. The molecule has 0 amide bonds. The fourth-order valence-corrected chi connectivity index (χ4v) is 2.37. The number of benzene rings is 1. The van der Waals surface area contributed by atoms with Gasteiger partial charge in [-0.25, -0.2) is 4.98 Å². The number of phenols is 1. The number of hydrogen-bond acceptors (Lipinski definition) is 3. The summed E-state index contributed by atoms with van der Waals surface area (Å²) in [6, 6.07) is 7.26. The normalized spacial score (nSPS) is 19.6. The van der Waals surface area contributed by atoms with Gasteiger partial charge in [0.15, 0.2) is 0 Å². The van der Waals surface area contributed by atoms with Crippen LogP contribution in [0.4, 0.5) is 0 Å². The van der Waals surface area contributed by atoms with E-state index in [1.54, 1.807) is 12.1 Å². The van der Waals surface area contributed by atoms with Crippen LogP contribution in [-0.4, -0.2) is 27.7 Å². The van der Waals surface area contributed by atoms with Crippen molar-refractivity contribution < 1.29 is 5.11 Å². The first kappa shape index (κ1) is 10.4. The highest BCUT2D eigenvalue weighted by atomic mass is 16.3. The van der Waals surface area contributed by atoms with E-state index in [4.69, 9.17) is 0 Å². The first-order valence-electron chi connectivity index (χ1n) is 5.87. The molecule has 1 unspecified atom stereocenters. The van der Waals surface area contributed by atoms with Gasteiger partial charge in [-0.2, -0.15) is 0 Å². The molecule has 0 spiro atoms. The minimum atomic E-state index is 0.284. The molecule has 1 fully saturated rings. The fourth-order valence-electron chi connectivity index (χ4n) is 2.37. The maximum atomic E-state index is 9.52. The molecule has 1 aliphatic heterocycles. The number of nitrogens with zero attached hydrogens (tertiary/aromatic N) is 2. The Balaban J connectivity index is 2.00. The number of aromatic nitrogens is 2. The number of rotatable bonds is 2. The van der Waals surface area contributed by atoms with Crippen LogP contribution in [-0.2, 0) is 0 Å². The predicted molar refractivity (Wildman–Crippen MR) is 65.5 cm³/mol. The van der Waals surface area contributed by atoms with Crippen LogP contribution in [0, 0.1) is 0 Å². The van der Waals surface area contributed by atoms with Crippen molar-refractivity contribution in [2.24, 2.45) is 0 Å². The number of hydrogen-bond donors (Lipinski definition) is 2. The van der Waals surface area contributed by atoms with Gasteiger partial charge >= 0.3 is 0 Å². The monoisotopic (exact) mass is 229 g/mol. The van der Waals surface area contributed by atoms with Gasteiger partial charge in [0.1, 0.15) is 5.75 Å². The molecular weight excluding hydrogens is 214 g/mol. The van der Waals surface area contributed by atoms with E-state index in [1.165, 1.54) is 5.69 Å². The summed E-state index contributed by atoms with van der Waals surface area (Å²) < 4.78 is 2.05. The van der Waals surface area contributed by atoms with Crippen LogP contribution in [0.5, 0.6) is 5.75 Å². The van der Waals surface area contributed by atoms with Gasteiger partial charge in [-0.3, -0.25) is 0 Å². The first-order valence-corrected chi connectivity index (χ1v) is 5.87. The zero-order valence-corrected chi connectivity index (χ0v) is 9.50. The molecular formula is C13H15N3O. The quantitative estimate of drug-likeness (QED) is 0.823. The second kappa shape index (κ2) is 4.22. The third kappa shape index (κ3) is 1.91. The number of aromatic hydroxyl groups is 1. The van der Waals surface area contributed by atoms with E-state index in [0.717, 1.165) is 25.2 Å². The Kier molecular flexibility index (Phi) is 2.57. The van der Waals surface area contributed by atoms with Crippen molar-refractivity contribution in [1.82, 2.24) is 14.9 Å². The van der Waals surface area contributed by atoms with Crippen molar-refractivity contribution in [3.63, 3.8) is 0 Å². The molecule has 0 aliphatic carbocycles. The average molecular weight is 229 g/mol. The molecule has 2 N–H and O–H groups in total. The van der Waals surface area contributed by atoms with Crippen LogP contribution in [0.15, 0.2) is 36.8 Å². The molecule has 0 bridgehead atoms. The minimum Gasteiger partial charge on any atom is -0.508 e. The van der Waals surface area contributed by atoms with Crippen molar-refractivity contribution in [1.29, 1.82) is 0 Å². The Morgan fingerprint density at radius 3 is 3.12 bits per heavy atom. The van der Waals surface area contributed by atoms with Gasteiger partial charge in [-0.15, -0.1) is 0 Å². The van der Waals surface area contributed by atoms with Gasteiger partial charge in [0, 0.05) is 30.4 Å². The Morgan fingerprint density at radius 2 is 2.35 bits per heavy atom. The third-order valence-electron chi connectivity index (χ3n) is 3.25. The summed E-state index contributed by atoms with van der Waals surface area (Å²) >= 11 is 0. The highest BCUT2D eigenvalue weighted by Crippen LogP contribution is 2.25. The van der Waals surface area contributed by atoms with Gasteiger partial charge < -0.3 is 15.0 Å². The van der Waals surface area contributed by atoms with Crippen molar-refractivity contribution in [3.05, 3.63) is 42.5 Å². The summed E-state index contributed by atoms with van der Waals surface area (Å²) in [5.74, 6) is 0.798. The van der Waals surface area contributed by atoms with E-state index in [2.05, 4.69) is 14.9 Å². The van der Waals surface area contributed by atoms with E-state index >= 15 is 0 Å². The minimum absolute atomic E-state index is 0.284. The van der Waals surface area contributed by atoms with E-state index < -0.39 is 0 Å². The van der Waals surface area contributed by atoms with Gasteiger partial charge in [-0.1, -0.05) is 6.07 Å². The lowest BCUT2D eigenvalue weighted by atomic mass is 10.1. The van der Waals surface area contributed by atoms with Crippen LogP contribution >= 0.6 is 0 Å². The maximum Gasteiger partial charge on any atom is 0.117 e. The number of nitrogens with one attached hydrogen (secondary N) is 1. The molecule has 3 rings (SSSR count). The van der Waals surface area contributed by atoms with Gasteiger partial charge in [0.25, 0.3) is 0 Å². The fraction of sp³-hybridized carbons (Fsp3) is 0.308.